The summed E-state index contributed by atoms with van der Waals surface area (Å²) in [5, 5.41) is 3.25. The van der Waals surface area contributed by atoms with Gasteiger partial charge in [-0.3, -0.25) is 9.20 Å². The fourth-order valence-corrected chi connectivity index (χ4v) is 2.83. The highest BCUT2D eigenvalue weighted by atomic mass is 16.5. The second-order valence-corrected chi connectivity index (χ2v) is 7.86. The molecule has 0 bridgehead atoms. The molecule has 0 atom stereocenters. The average Bonchev–Trinajstić information content (AvgIpc) is 3.24. The van der Waals surface area contributed by atoms with Gasteiger partial charge in [-0.25, -0.2) is 9.97 Å². The molecule has 8 heteroatoms. The van der Waals surface area contributed by atoms with Gasteiger partial charge >= 0.3 is 0 Å². The standard InChI is InChI=1S/C11H13N3O3.C11H17NO.C3H8/c1-16-5-8-3-9(6-17-2)14-7-12-10(4-15)11(14)13-8;1-11(2,12-3)9-6-5-7-10(8-9)13-4;1-3-2/h3-4,7H,5-6H2,1-2H3;5-8,12H,1-4H3;3H2,1-2H3. The van der Waals surface area contributed by atoms with Crippen LogP contribution in [-0.2, 0) is 28.2 Å². The summed E-state index contributed by atoms with van der Waals surface area (Å²) in [5.41, 5.74) is 3.70. The minimum absolute atomic E-state index is 0.00542. The molecule has 3 aromatic rings. The van der Waals surface area contributed by atoms with Gasteiger partial charge in [-0.15, -0.1) is 0 Å². The zero-order valence-electron chi connectivity index (χ0n) is 21.1. The first-order chi connectivity index (χ1) is 15.8. The lowest BCUT2D eigenvalue weighted by Gasteiger charge is -2.24. The topological polar surface area (TPSA) is 87.0 Å². The molecule has 0 saturated heterocycles. The first-order valence-electron chi connectivity index (χ1n) is 10.9. The zero-order valence-corrected chi connectivity index (χ0v) is 21.1. The predicted molar refractivity (Wildman–Crippen MR) is 131 cm³/mol. The van der Waals surface area contributed by atoms with E-state index in [1.807, 2.05) is 25.2 Å². The summed E-state index contributed by atoms with van der Waals surface area (Å²) in [6, 6.07) is 9.98. The number of nitrogens with one attached hydrogen (secondary N) is 1. The number of ether oxygens (including phenoxy) is 3. The van der Waals surface area contributed by atoms with E-state index >= 15 is 0 Å². The van der Waals surface area contributed by atoms with Gasteiger partial charge in [-0.1, -0.05) is 32.4 Å². The number of hydrogen-bond acceptors (Lipinski definition) is 7. The van der Waals surface area contributed by atoms with Gasteiger partial charge in [0.15, 0.2) is 11.9 Å². The summed E-state index contributed by atoms with van der Waals surface area (Å²) in [5.74, 6) is 0.904. The molecule has 0 radical (unpaired) electrons. The Morgan fingerprint density at radius 1 is 1.09 bits per heavy atom. The van der Waals surface area contributed by atoms with Gasteiger partial charge in [0.25, 0.3) is 0 Å². The lowest BCUT2D eigenvalue weighted by atomic mass is 9.94. The summed E-state index contributed by atoms with van der Waals surface area (Å²) in [4.78, 5) is 19.2. The monoisotopic (exact) mass is 458 g/mol. The molecule has 0 spiro atoms. The summed E-state index contributed by atoms with van der Waals surface area (Å²) in [7, 11) is 6.85. The Morgan fingerprint density at radius 3 is 2.30 bits per heavy atom. The van der Waals surface area contributed by atoms with Crippen molar-refractivity contribution in [2.45, 2.75) is 52.9 Å². The lowest BCUT2D eigenvalue weighted by Crippen LogP contribution is -2.32. The molecule has 8 nitrogen and oxygen atoms in total. The van der Waals surface area contributed by atoms with Crippen LogP contribution in [0.25, 0.3) is 5.65 Å². The fourth-order valence-electron chi connectivity index (χ4n) is 2.83. The van der Waals surface area contributed by atoms with Crippen LogP contribution in [0.5, 0.6) is 5.75 Å². The fraction of sp³-hybridized carbons (Fsp3) is 0.480. The van der Waals surface area contributed by atoms with Crippen molar-refractivity contribution in [3.63, 3.8) is 0 Å². The van der Waals surface area contributed by atoms with Crippen molar-refractivity contribution in [1.29, 1.82) is 0 Å². The van der Waals surface area contributed by atoms with E-state index in [2.05, 4.69) is 55.1 Å². The molecule has 0 unspecified atom stereocenters. The molecule has 33 heavy (non-hydrogen) atoms. The van der Waals surface area contributed by atoms with E-state index in [0.29, 0.717) is 30.8 Å². The third kappa shape index (κ3) is 8.24. The number of rotatable bonds is 8. The summed E-state index contributed by atoms with van der Waals surface area (Å²) in [6.45, 7) is 9.34. The van der Waals surface area contributed by atoms with Gasteiger partial charge in [0.1, 0.15) is 17.8 Å². The van der Waals surface area contributed by atoms with Crippen LogP contribution in [0, 0.1) is 0 Å². The Kier molecular flexibility index (Phi) is 12.3. The Labute approximate surface area is 197 Å². The highest BCUT2D eigenvalue weighted by molar-refractivity contribution is 5.81. The van der Waals surface area contributed by atoms with Crippen LogP contribution in [0.3, 0.4) is 0 Å². The third-order valence-corrected chi connectivity index (χ3v) is 4.77. The molecule has 1 aromatic carbocycles. The van der Waals surface area contributed by atoms with Gasteiger partial charge in [0.2, 0.25) is 0 Å². The first kappa shape index (κ1) is 28.2. The maximum absolute atomic E-state index is 10.8. The average molecular weight is 459 g/mol. The molecule has 0 aliphatic heterocycles. The summed E-state index contributed by atoms with van der Waals surface area (Å²) < 4.78 is 17.1. The van der Waals surface area contributed by atoms with E-state index in [-0.39, 0.29) is 5.54 Å². The normalized spacial score (nSPS) is 10.7. The smallest absolute Gasteiger partial charge is 0.172 e. The van der Waals surface area contributed by atoms with Crippen molar-refractivity contribution in [2.24, 2.45) is 0 Å². The van der Waals surface area contributed by atoms with E-state index in [4.69, 9.17) is 14.2 Å². The van der Waals surface area contributed by atoms with Gasteiger partial charge in [0, 0.05) is 19.8 Å². The van der Waals surface area contributed by atoms with Crippen molar-refractivity contribution in [3.05, 3.63) is 59.3 Å². The third-order valence-electron chi connectivity index (χ3n) is 4.77. The molecule has 2 heterocycles. The molecular formula is C25H38N4O4. The van der Waals surface area contributed by atoms with E-state index < -0.39 is 0 Å². The van der Waals surface area contributed by atoms with Crippen LogP contribution >= 0.6 is 0 Å². The number of nitrogens with zero attached hydrogens (tertiary/aromatic N) is 3. The van der Waals surface area contributed by atoms with Crippen LogP contribution in [-0.4, -0.2) is 49.0 Å². The zero-order chi connectivity index (χ0) is 24.9. The number of aromatic nitrogens is 3. The molecule has 182 valence electrons. The molecule has 0 aliphatic carbocycles. The molecule has 2 aromatic heterocycles. The predicted octanol–water partition coefficient (Wildman–Crippen LogP) is 4.40. The second kappa shape index (κ2) is 14.4. The van der Waals surface area contributed by atoms with E-state index in [9.17, 15) is 4.79 Å². The number of benzene rings is 1. The van der Waals surface area contributed by atoms with Crippen LogP contribution in [0.15, 0.2) is 36.7 Å². The number of fused-ring (bicyclic) bond motifs is 1. The Hall–Kier alpha value is -2.81. The number of imidazole rings is 1. The number of aldehydes is 1. The largest absolute Gasteiger partial charge is 0.497 e. The maximum atomic E-state index is 10.8. The molecule has 0 saturated carbocycles. The molecule has 0 aliphatic rings. The van der Waals surface area contributed by atoms with Gasteiger partial charge in [-0.05, 0) is 44.7 Å². The van der Waals surface area contributed by atoms with Crippen molar-refractivity contribution < 1.29 is 19.0 Å². The van der Waals surface area contributed by atoms with E-state index in [0.717, 1.165) is 17.1 Å². The Bertz CT molecular complexity index is 986. The van der Waals surface area contributed by atoms with Crippen molar-refractivity contribution in [2.75, 3.05) is 28.4 Å². The summed E-state index contributed by atoms with van der Waals surface area (Å²) >= 11 is 0. The molecule has 3 rings (SSSR count). The van der Waals surface area contributed by atoms with Crippen LogP contribution in [0.2, 0.25) is 0 Å². The quantitative estimate of drug-likeness (QED) is 0.501. The molecule has 1 N–H and O–H groups in total. The molecule has 0 amide bonds. The van der Waals surface area contributed by atoms with Crippen molar-refractivity contribution in [3.8, 4) is 5.75 Å². The molecular weight excluding hydrogens is 420 g/mol. The second-order valence-electron chi connectivity index (χ2n) is 7.86. The first-order valence-corrected chi connectivity index (χ1v) is 10.9. The SMILES string of the molecule is CCC.CNC(C)(C)c1cccc(OC)c1.COCc1cc(COC)n2cnc(C=O)c2n1. The Morgan fingerprint density at radius 2 is 1.76 bits per heavy atom. The van der Waals surface area contributed by atoms with E-state index in [1.54, 1.807) is 32.1 Å². The van der Waals surface area contributed by atoms with Crippen molar-refractivity contribution in [1.82, 2.24) is 19.7 Å². The maximum Gasteiger partial charge on any atom is 0.172 e. The van der Waals surface area contributed by atoms with Crippen LogP contribution < -0.4 is 10.1 Å². The number of carbonyl (C=O) groups is 1. The minimum Gasteiger partial charge on any atom is -0.497 e. The minimum atomic E-state index is -0.00542. The van der Waals surface area contributed by atoms with Crippen LogP contribution in [0.1, 0.15) is 61.6 Å². The van der Waals surface area contributed by atoms with Gasteiger partial charge < -0.3 is 19.5 Å². The molecule has 0 fully saturated rings. The highest BCUT2D eigenvalue weighted by Gasteiger charge is 2.17. The Balaban J connectivity index is 0.000000304. The van der Waals surface area contributed by atoms with Crippen molar-refractivity contribution >= 4 is 11.9 Å². The number of carbonyl (C=O) groups excluding carboxylic acids is 1. The van der Waals surface area contributed by atoms with Gasteiger partial charge in [0.05, 0.1) is 31.7 Å². The summed E-state index contributed by atoms with van der Waals surface area (Å²) in [6.07, 6.45) is 3.51. The van der Waals surface area contributed by atoms with Gasteiger partial charge in [-0.2, -0.15) is 0 Å². The number of hydrogen-bond donors (Lipinski definition) is 1. The number of methoxy groups -OCH3 is 3. The lowest BCUT2D eigenvalue weighted by molar-refractivity contribution is 0.112. The highest BCUT2D eigenvalue weighted by Crippen LogP contribution is 2.23. The van der Waals surface area contributed by atoms with E-state index in [1.165, 1.54) is 12.0 Å². The van der Waals surface area contributed by atoms with Crippen LogP contribution in [0.4, 0.5) is 0 Å².